The zero-order chi connectivity index (χ0) is 11.1. The fourth-order valence-corrected chi connectivity index (χ4v) is 6.46. The molecule has 4 rings (SSSR count). The third-order valence-corrected chi connectivity index (χ3v) is 7.33. The first-order chi connectivity index (χ1) is 6.90. The summed E-state index contributed by atoms with van der Waals surface area (Å²) >= 11 is 0. The maximum Gasteiger partial charge on any atom is -0.0210 e. The first-order valence-electron chi connectivity index (χ1n) is 6.90. The molecule has 6 unspecified atom stereocenters. The van der Waals surface area contributed by atoms with Gasteiger partial charge in [-0.25, -0.2) is 0 Å². The average Bonchev–Trinajstić information content (AvgIpc) is 2.65. The van der Waals surface area contributed by atoms with Gasteiger partial charge in [-0.2, -0.15) is 0 Å². The molecule has 0 saturated heterocycles. The van der Waals surface area contributed by atoms with Gasteiger partial charge in [-0.05, 0) is 53.3 Å². The summed E-state index contributed by atoms with van der Waals surface area (Å²) in [5.74, 6) is 3.06. The number of rotatable bonds is 2. The van der Waals surface area contributed by atoms with E-state index in [1.807, 2.05) is 0 Å². The van der Waals surface area contributed by atoms with Gasteiger partial charge < -0.3 is 0 Å². The van der Waals surface area contributed by atoms with E-state index in [4.69, 9.17) is 0 Å². The molecule has 4 saturated carbocycles. The van der Waals surface area contributed by atoms with Crippen LogP contribution in [0.2, 0.25) is 0 Å². The van der Waals surface area contributed by atoms with E-state index in [1.54, 1.807) is 0 Å². The van der Waals surface area contributed by atoms with Crippen LogP contribution in [-0.4, -0.2) is 0 Å². The maximum absolute atomic E-state index is 2.62. The molecular weight excluding hydrogens is 180 g/mol. The summed E-state index contributed by atoms with van der Waals surface area (Å²) in [6.07, 6.45) is 5.92. The van der Waals surface area contributed by atoms with Crippen molar-refractivity contribution in [1.29, 1.82) is 0 Å². The predicted octanol–water partition coefficient (Wildman–Crippen LogP) is 4.49. The van der Waals surface area contributed by atoms with Crippen molar-refractivity contribution < 1.29 is 0 Å². The molecule has 0 amide bonds. The van der Waals surface area contributed by atoms with Crippen molar-refractivity contribution in [2.45, 2.75) is 60.3 Å². The predicted molar refractivity (Wildman–Crippen MR) is 64.6 cm³/mol. The molecule has 0 aliphatic heterocycles. The normalized spacial score (nSPS) is 65.8. The molecule has 0 N–H and O–H groups in total. The molecule has 0 aromatic rings. The minimum Gasteiger partial charge on any atom is -0.0654 e. The van der Waals surface area contributed by atoms with Gasteiger partial charge in [0.2, 0.25) is 0 Å². The van der Waals surface area contributed by atoms with Crippen molar-refractivity contribution in [3.8, 4) is 0 Å². The second kappa shape index (κ2) is 2.46. The van der Waals surface area contributed by atoms with E-state index in [2.05, 4.69) is 34.6 Å². The van der Waals surface area contributed by atoms with Crippen molar-refractivity contribution in [3.63, 3.8) is 0 Å². The van der Waals surface area contributed by atoms with Crippen LogP contribution in [0.15, 0.2) is 0 Å². The lowest BCUT2D eigenvalue weighted by Crippen LogP contribution is -2.35. The minimum atomic E-state index is 0.669. The van der Waals surface area contributed by atoms with Crippen LogP contribution < -0.4 is 0 Å². The topological polar surface area (TPSA) is 0 Å². The molecule has 0 radical (unpaired) electrons. The number of hydrogen-bond donors (Lipinski definition) is 0. The second-order valence-electron chi connectivity index (χ2n) is 7.45. The largest absolute Gasteiger partial charge is 0.0654 e. The molecule has 0 aromatic carbocycles. The average molecular weight is 206 g/mol. The Balaban J connectivity index is 2.08. The number of hydrogen-bond acceptors (Lipinski definition) is 0. The van der Waals surface area contributed by atoms with Crippen LogP contribution in [-0.2, 0) is 0 Å². The van der Waals surface area contributed by atoms with Gasteiger partial charge in [-0.1, -0.05) is 41.0 Å². The third-order valence-electron chi connectivity index (χ3n) is 7.33. The lowest BCUT2D eigenvalue weighted by Gasteiger charge is -2.41. The highest BCUT2D eigenvalue weighted by atomic mass is 14.8. The quantitative estimate of drug-likeness (QED) is 0.624. The van der Waals surface area contributed by atoms with Crippen LogP contribution >= 0.6 is 0 Å². The zero-order valence-electron chi connectivity index (χ0n) is 11.1. The van der Waals surface area contributed by atoms with Gasteiger partial charge in [-0.3, -0.25) is 0 Å². The van der Waals surface area contributed by atoms with E-state index in [9.17, 15) is 0 Å². The smallest absolute Gasteiger partial charge is 0.0210 e. The highest BCUT2D eigenvalue weighted by Crippen LogP contribution is 2.86. The maximum atomic E-state index is 2.62. The molecule has 15 heavy (non-hydrogen) atoms. The van der Waals surface area contributed by atoms with Gasteiger partial charge in [0.05, 0.1) is 0 Å². The Morgan fingerprint density at radius 2 is 1.87 bits per heavy atom. The molecule has 4 fully saturated rings. The fourth-order valence-electron chi connectivity index (χ4n) is 6.46. The van der Waals surface area contributed by atoms with Crippen LogP contribution in [0, 0.1) is 34.0 Å². The van der Waals surface area contributed by atoms with Gasteiger partial charge in [0.25, 0.3) is 0 Å². The highest BCUT2D eigenvalue weighted by Gasteiger charge is 2.79. The minimum absolute atomic E-state index is 0.669. The molecule has 4 bridgehead atoms. The Morgan fingerprint density at radius 3 is 2.27 bits per heavy atom. The SMILES string of the molecule is CCCC1C2CC3(C)CC2(C)C(C)C13C. The van der Waals surface area contributed by atoms with Crippen LogP contribution in [0.25, 0.3) is 0 Å². The van der Waals surface area contributed by atoms with Gasteiger partial charge in [0, 0.05) is 0 Å². The molecule has 6 atom stereocenters. The Morgan fingerprint density at radius 1 is 1.20 bits per heavy atom. The summed E-state index contributed by atoms with van der Waals surface area (Å²) in [5.41, 5.74) is 2.05. The summed E-state index contributed by atoms with van der Waals surface area (Å²) in [6.45, 7) is 12.7. The van der Waals surface area contributed by atoms with Gasteiger partial charge in [0.1, 0.15) is 0 Å². The zero-order valence-corrected chi connectivity index (χ0v) is 11.1. The van der Waals surface area contributed by atoms with Crippen LogP contribution in [0.3, 0.4) is 0 Å². The molecular formula is C15H26. The van der Waals surface area contributed by atoms with Gasteiger partial charge >= 0.3 is 0 Å². The fraction of sp³-hybridized carbons (Fsp3) is 1.00. The Labute approximate surface area is 94.8 Å². The molecule has 86 valence electrons. The third kappa shape index (κ3) is 0.775. The first-order valence-corrected chi connectivity index (χ1v) is 6.90. The van der Waals surface area contributed by atoms with E-state index in [0.29, 0.717) is 16.2 Å². The molecule has 0 spiro atoms. The molecule has 0 nitrogen and oxygen atoms in total. The standard InChI is InChI=1S/C15H26/c1-6-7-11-12-8-13(3)9-14(12,4)10(2)15(11,13)5/h10-12H,6-9H2,1-5H3. The lowest BCUT2D eigenvalue weighted by molar-refractivity contribution is 0.0665. The van der Waals surface area contributed by atoms with Gasteiger partial charge in [-0.15, -0.1) is 0 Å². The summed E-state index contributed by atoms with van der Waals surface area (Å²) in [4.78, 5) is 0. The van der Waals surface area contributed by atoms with E-state index < -0.39 is 0 Å². The molecule has 0 heterocycles. The molecule has 0 heteroatoms. The highest BCUT2D eigenvalue weighted by molar-refractivity contribution is 5.27. The van der Waals surface area contributed by atoms with Crippen molar-refractivity contribution in [3.05, 3.63) is 0 Å². The van der Waals surface area contributed by atoms with Crippen LogP contribution in [0.1, 0.15) is 60.3 Å². The Hall–Kier alpha value is 0. The first kappa shape index (κ1) is 10.2. The Bertz CT molecular complexity index is 305. The van der Waals surface area contributed by atoms with E-state index in [-0.39, 0.29) is 0 Å². The van der Waals surface area contributed by atoms with Crippen molar-refractivity contribution >= 4 is 0 Å². The molecule has 4 aliphatic carbocycles. The molecule has 4 aliphatic rings. The molecule has 0 aromatic heterocycles. The second-order valence-corrected chi connectivity index (χ2v) is 7.45. The van der Waals surface area contributed by atoms with Crippen LogP contribution in [0.4, 0.5) is 0 Å². The monoisotopic (exact) mass is 206 g/mol. The van der Waals surface area contributed by atoms with E-state index >= 15 is 0 Å². The van der Waals surface area contributed by atoms with Crippen molar-refractivity contribution in [2.24, 2.45) is 34.0 Å². The van der Waals surface area contributed by atoms with Gasteiger partial charge in [0.15, 0.2) is 0 Å². The summed E-state index contributed by atoms with van der Waals surface area (Å²) in [6, 6.07) is 0. The Kier molecular flexibility index (Phi) is 1.67. The van der Waals surface area contributed by atoms with Crippen LogP contribution in [0.5, 0.6) is 0 Å². The van der Waals surface area contributed by atoms with E-state index in [1.165, 1.54) is 25.7 Å². The lowest BCUT2D eigenvalue weighted by atomic mass is 9.63. The summed E-state index contributed by atoms with van der Waals surface area (Å²) in [5, 5.41) is 0. The summed E-state index contributed by atoms with van der Waals surface area (Å²) in [7, 11) is 0. The summed E-state index contributed by atoms with van der Waals surface area (Å²) < 4.78 is 0. The van der Waals surface area contributed by atoms with Crippen molar-refractivity contribution in [2.75, 3.05) is 0 Å². The van der Waals surface area contributed by atoms with Crippen molar-refractivity contribution in [1.82, 2.24) is 0 Å². The van der Waals surface area contributed by atoms with E-state index in [0.717, 1.165) is 17.8 Å².